The van der Waals surface area contributed by atoms with Gasteiger partial charge in [-0.05, 0) is 44.2 Å². The molecule has 0 aliphatic carbocycles. The van der Waals surface area contributed by atoms with Gasteiger partial charge in [-0.2, -0.15) is 5.10 Å². The Morgan fingerprint density at radius 1 is 1.18 bits per heavy atom. The number of carbonyl (C=O) groups excluding carboxylic acids is 2. The Labute approximate surface area is 165 Å². The zero-order valence-corrected chi connectivity index (χ0v) is 16.0. The van der Waals surface area contributed by atoms with Crippen LogP contribution in [0.15, 0.2) is 48.5 Å². The van der Waals surface area contributed by atoms with Crippen LogP contribution in [0.3, 0.4) is 0 Å². The highest BCUT2D eigenvalue weighted by molar-refractivity contribution is 6.30. The van der Waals surface area contributed by atoms with Gasteiger partial charge in [0.1, 0.15) is 11.4 Å². The van der Waals surface area contributed by atoms with E-state index in [2.05, 4.69) is 10.4 Å². The summed E-state index contributed by atoms with van der Waals surface area (Å²) in [6.07, 6.45) is 0. The van der Waals surface area contributed by atoms with Crippen LogP contribution in [0.25, 0.3) is 5.69 Å². The number of para-hydroxylation sites is 1. The fraction of sp³-hybridized carbons (Fsp3) is 0.150. The van der Waals surface area contributed by atoms with Crippen molar-refractivity contribution in [3.63, 3.8) is 0 Å². The van der Waals surface area contributed by atoms with Crippen molar-refractivity contribution in [3.8, 4) is 5.69 Å². The first-order valence-corrected chi connectivity index (χ1v) is 8.78. The summed E-state index contributed by atoms with van der Waals surface area (Å²) in [4.78, 5) is 24.4. The minimum Gasteiger partial charge on any atom is -0.452 e. The van der Waals surface area contributed by atoms with Gasteiger partial charge in [0, 0.05) is 5.02 Å². The van der Waals surface area contributed by atoms with Gasteiger partial charge in [-0.25, -0.2) is 13.9 Å². The molecular formula is C20H17ClFN3O3. The molecule has 0 bridgehead atoms. The smallest absolute Gasteiger partial charge is 0.342 e. The van der Waals surface area contributed by atoms with Gasteiger partial charge in [0.2, 0.25) is 0 Å². The second-order valence-electron chi connectivity index (χ2n) is 6.04. The lowest BCUT2D eigenvalue weighted by molar-refractivity contribution is -0.119. The quantitative estimate of drug-likeness (QED) is 0.654. The summed E-state index contributed by atoms with van der Waals surface area (Å²) >= 11 is 5.78. The second kappa shape index (κ2) is 8.22. The number of aromatic nitrogens is 2. The third-order valence-electron chi connectivity index (χ3n) is 4.03. The zero-order chi connectivity index (χ0) is 20.3. The number of benzene rings is 2. The van der Waals surface area contributed by atoms with Crippen LogP contribution in [0.5, 0.6) is 0 Å². The SMILES string of the molecule is Cc1nn(-c2ccccc2)c(C)c1C(=O)OCC(=O)Nc1cc(Cl)ccc1F. The van der Waals surface area contributed by atoms with Gasteiger partial charge >= 0.3 is 5.97 Å². The number of nitrogens with one attached hydrogen (secondary N) is 1. The Morgan fingerprint density at radius 2 is 1.89 bits per heavy atom. The van der Waals surface area contributed by atoms with Crippen molar-refractivity contribution in [1.29, 1.82) is 0 Å². The van der Waals surface area contributed by atoms with Gasteiger partial charge in [-0.1, -0.05) is 29.8 Å². The fourth-order valence-electron chi connectivity index (χ4n) is 2.74. The van der Waals surface area contributed by atoms with E-state index in [-0.39, 0.29) is 16.3 Å². The van der Waals surface area contributed by atoms with Crippen molar-refractivity contribution >= 4 is 29.2 Å². The van der Waals surface area contributed by atoms with Crippen molar-refractivity contribution in [2.75, 3.05) is 11.9 Å². The molecule has 0 aliphatic heterocycles. The highest BCUT2D eigenvalue weighted by atomic mass is 35.5. The van der Waals surface area contributed by atoms with E-state index in [4.69, 9.17) is 16.3 Å². The number of rotatable bonds is 5. The number of carbonyl (C=O) groups is 2. The fourth-order valence-corrected chi connectivity index (χ4v) is 2.91. The molecule has 8 heteroatoms. The van der Waals surface area contributed by atoms with Gasteiger partial charge in [0.05, 0.1) is 22.8 Å². The summed E-state index contributed by atoms with van der Waals surface area (Å²) < 4.78 is 20.4. The lowest BCUT2D eigenvalue weighted by atomic mass is 10.2. The number of nitrogens with zero attached hydrogens (tertiary/aromatic N) is 2. The maximum atomic E-state index is 13.7. The molecule has 0 radical (unpaired) electrons. The molecule has 144 valence electrons. The molecule has 1 amide bonds. The predicted octanol–water partition coefficient (Wildman–Crippen LogP) is 4.08. The third kappa shape index (κ3) is 4.20. The van der Waals surface area contributed by atoms with Crippen LogP contribution in [0.4, 0.5) is 10.1 Å². The van der Waals surface area contributed by atoms with Crippen molar-refractivity contribution in [1.82, 2.24) is 9.78 Å². The van der Waals surface area contributed by atoms with Crippen LogP contribution in [0, 0.1) is 19.7 Å². The number of esters is 1. The molecular weight excluding hydrogens is 385 g/mol. The Morgan fingerprint density at radius 3 is 2.61 bits per heavy atom. The van der Waals surface area contributed by atoms with Gasteiger partial charge < -0.3 is 10.1 Å². The summed E-state index contributed by atoms with van der Waals surface area (Å²) in [7, 11) is 0. The molecule has 1 N–H and O–H groups in total. The average molecular weight is 402 g/mol. The molecule has 3 aromatic rings. The number of halogens is 2. The molecule has 1 heterocycles. The molecule has 0 saturated heterocycles. The molecule has 1 aromatic heterocycles. The largest absolute Gasteiger partial charge is 0.452 e. The van der Waals surface area contributed by atoms with Gasteiger partial charge in [-0.3, -0.25) is 4.79 Å². The summed E-state index contributed by atoms with van der Waals surface area (Å²) in [5.74, 6) is -2.00. The Hall–Kier alpha value is -3.19. The molecule has 0 atom stereocenters. The minimum absolute atomic E-state index is 0.0854. The molecule has 6 nitrogen and oxygen atoms in total. The van der Waals surface area contributed by atoms with E-state index < -0.39 is 24.3 Å². The van der Waals surface area contributed by atoms with Crippen molar-refractivity contribution in [2.24, 2.45) is 0 Å². The molecule has 0 unspecified atom stereocenters. The first-order chi connectivity index (χ1) is 13.4. The van der Waals surface area contributed by atoms with E-state index in [1.807, 2.05) is 30.3 Å². The maximum Gasteiger partial charge on any atom is 0.342 e. The van der Waals surface area contributed by atoms with Crippen LogP contribution in [-0.4, -0.2) is 28.3 Å². The highest BCUT2D eigenvalue weighted by Crippen LogP contribution is 2.20. The summed E-state index contributed by atoms with van der Waals surface area (Å²) in [5.41, 5.74) is 2.07. The van der Waals surface area contributed by atoms with Gasteiger partial charge in [-0.15, -0.1) is 0 Å². The summed E-state index contributed by atoms with van der Waals surface area (Å²) in [5, 5.41) is 6.96. The van der Waals surface area contributed by atoms with E-state index in [1.165, 1.54) is 12.1 Å². The first-order valence-electron chi connectivity index (χ1n) is 8.40. The average Bonchev–Trinajstić information content (AvgIpc) is 2.98. The lowest BCUT2D eigenvalue weighted by Gasteiger charge is -2.08. The Kier molecular flexibility index (Phi) is 5.75. The van der Waals surface area contributed by atoms with Gasteiger partial charge in [0.25, 0.3) is 5.91 Å². The van der Waals surface area contributed by atoms with Gasteiger partial charge in [0.15, 0.2) is 6.61 Å². The Bertz CT molecular complexity index is 1030. The molecule has 0 saturated carbocycles. The van der Waals surface area contributed by atoms with E-state index in [0.717, 1.165) is 11.8 Å². The highest BCUT2D eigenvalue weighted by Gasteiger charge is 2.21. The number of anilines is 1. The molecule has 28 heavy (non-hydrogen) atoms. The number of hydrogen-bond acceptors (Lipinski definition) is 4. The first kappa shape index (κ1) is 19.6. The monoisotopic (exact) mass is 401 g/mol. The number of amides is 1. The van der Waals surface area contributed by atoms with Crippen molar-refractivity contribution in [2.45, 2.75) is 13.8 Å². The lowest BCUT2D eigenvalue weighted by Crippen LogP contribution is -2.22. The second-order valence-corrected chi connectivity index (χ2v) is 6.48. The molecule has 3 rings (SSSR count). The van der Waals surface area contributed by atoms with E-state index >= 15 is 0 Å². The van der Waals surface area contributed by atoms with Crippen LogP contribution in [0.2, 0.25) is 5.02 Å². The number of ether oxygens (including phenoxy) is 1. The summed E-state index contributed by atoms with van der Waals surface area (Å²) in [6.45, 7) is 2.86. The van der Waals surface area contributed by atoms with Crippen LogP contribution in [-0.2, 0) is 9.53 Å². The molecule has 0 fully saturated rings. The molecule has 0 aliphatic rings. The zero-order valence-electron chi connectivity index (χ0n) is 15.2. The van der Waals surface area contributed by atoms with E-state index in [1.54, 1.807) is 18.5 Å². The van der Waals surface area contributed by atoms with E-state index in [9.17, 15) is 14.0 Å². The molecule has 0 spiro atoms. The van der Waals surface area contributed by atoms with Crippen molar-refractivity contribution in [3.05, 3.63) is 76.3 Å². The van der Waals surface area contributed by atoms with Crippen molar-refractivity contribution < 1.29 is 18.7 Å². The van der Waals surface area contributed by atoms with Crippen LogP contribution < -0.4 is 5.32 Å². The van der Waals surface area contributed by atoms with E-state index in [0.29, 0.717) is 11.4 Å². The third-order valence-corrected chi connectivity index (χ3v) is 4.27. The van der Waals surface area contributed by atoms with Crippen LogP contribution >= 0.6 is 11.6 Å². The predicted molar refractivity (Wildman–Crippen MR) is 103 cm³/mol. The normalized spacial score (nSPS) is 10.6. The summed E-state index contributed by atoms with van der Waals surface area (Å²) in [6, 6.07) is 13.1. The Balaban J connectivity index is 1.69. The maximum absolute atomic E-state index is 13.7. The molecule has 2 aromatic carbocycles. The minimum atomic E-state index is -0.682. The van der Waals surface area contributed by atoms with Crippen LogP contribution in [0.1, 0.15) is 21.7 Å². The topological polar surface area (TPSA) is 73.2 Å². The number of aryl methyl sites for hydroxylation is 1. The number of hydrogen-bond donors (Lipinski definition) is 1. The standard InChI is InChI=1S/C20H17ClFN3O3/c1-12-19(13(2)25(24-12)15-6-4-3-5-7-15)20(27)28-11-18(26)23-17-10-14(21)8-9-16(17)22/h3-10H,11H2,1-2H3,(H,23,26).